The first-order valence-electron chi connectivity index (χ1n) is 8.63. The van der Waals surface area contributed by atoms with Gasteiger partial charge in [-0.25, -0.2) is 0 Å². The molecule has 1 N–H and O–H groups in total. The topological polar surface area (TPSA) is 21.3 Å². The first-order chi connectivity index (χ1) is 10.2. The Balaban J connectivity index is 1.90. The van der Waals surface area contributed by atoms with E-state index in [-0.39, 0.29) is 0 Å². The van der Waals surface area contributed by atoms with Crippen LogP contribution in [0.4, 0.5) is 0 Å². The molecule has 2 heteroatoms. The number of nitrogens with one attached hydrogen (secondary N) is 1. The molecule has 1 saturated heterocycles. The molecule has 0 bridgehead atoms. The van der Waals surface area contributed by atoms with Gasteiger partial charge in [0.2, 0.25) is 0 Å². The van der Waals surface area contributed by atoms with Gasteiger partial charge in [0.25, 0.3) is 0 Å². The fourth-order valence-corrected chi connectivity index (χ4v) is 3.11. The number of benzene rings is 1. The van der Waals surface area contributed by atoms with E-state index in [1.54, 1.807) is 0 Å². The second-order valence-corrected chi connectivity index (χ2v) is 6.42. The van der Waals surface area contributed by atoms with E-state index >= 15 is 0 Å². The third-order valence-corrected chi connectivity index (χ3v) is 4.62. The highest BCUT2D eigenvalue weighted by atomic mass is 16.5. The molecular formula is C19H31NO. The van der Waals surface area contributed by atoms with E-state index < -0.39 is 0 Å². The van der Waals surface area contributed by atoms with Gasteiger partial charge in [0.05, 0.1) is 6.10 Å². The van der Waals surface area contributed by atoms with Crippen molar-refractivity contribution in [3.8, 4) is 0 Å². The Bertz CT molecular complexity index is 424. The highest BCUT2D eigenvalue weighted by molar-refractivity contribution is 5.31. The molecule has 0 aliphatic carbocycles. The van der Waals surface area contributed by atoms with Crippen molar-refractivity contribution < 1.29 is 4.74 Å². The van der Waals surface area contributed by atoms with Gasteiger partial charge in [0, 0.05) is 12.6 Å². The van der Waals surface area contributed by atoms with Gasteiger partial charge in [-0.2, -0.15) is 0 Å². The van der Waals surface area contributed by atoms with Gasteiger partial charge in [0.15, 0.2) is 0 Å². The SMILES string of the molecule is CCCNC(CCCC1CCCO1)c1ccc(C)c(C)c1. The molecule has 0 aromatic heterocycles. The highest BCUT2D eigenvalue weighted by Gasteiger charge is 2.17. The van der Waals surface area contributed by atoms with Crippen LogP contribution in [0.15, 0.2) is 18.2 Å². The van der Waals surface area contributed by atoms with Gasteiger partial charge in [-0.1, -0.05) is 25.1 Å². The predicted octanol–water partition coefficient (Wildman–Crippen LogP) is 4.69. The monoisotopic (exact) mass is 289 g/mol. The van der Waals surface area contributed by atoms with Crippen LogP contribution < -0.4 is 5.32 Å². The van der Waals surface area contributed by atoms with Crippen LogP contribution in [0.2, 0.25) is 0 Å². The molecule has 2 atom stereocenters. The van der Waals surface area contributed by atoms with Crippen molar-refractivity contribution in [1.29, 1.82) is 0 Å². The molecule has 2 rings (SSSR count). The van der Waals surface area contributed by atoms with Crippen molar-refractivity contribution in [1.82, 2.24) is 5.32 Å². The van der Waals surface area contributed by atoms with Crippen molar-refractivity contribution in [3.63, 3.8) is 0 Å². The Labute approximate surface area is 130 Å². The number of ether oxygens (including phenoxy) is 1. The second-order valence-electron chi connectivity index (χ2n) is 6.42. The lowest BCUT2D eigenvalue weighted by atomic mass is 9.96. The number of aryl methyl sites for hydroxylation is 2. The molecule has 1 aromatic carbocycles. The highest BCUT2D eigenvalue weighted by Crippen LogP contribution is 2.24. The Hall–Kier alpha value is -0.860. The summed E-state index contributed by atoms with van der Waals surface area (Å²) in [5.74, 6) is 0. The summed E-state index contributed by atoms with van der Waals surface area (Å²) in [6.07, 6.45) is 7.90. The van der Waals surface area contributed by atoms with E-state index in [4.69, 9.17) is 4.74 Å². The molecule has 0 amide bonds. The summed E-state index contributed by atoms with van der Waals surface area (Å²) in [5.41, 5.74) is 4.22. The number of hydrogen-bond donors (Lipinski definition) is 1. The van der Waals surface area contributed by atoms with Crippen molar-refractivity contribution in [2.45, 2.75) is 71.4 Å². The Morgan fingerprint density at radius 2 is 2.14 bits per heavy atom. The Kier molecular flexibility index (Phi) is 6.72. The van der Waals surface area contributed by atoms with Crippen molar-refractivity contribution in [2.24, 2.45) is 0 Å². The summed E-state index contributed by atoms with van der Waals surface area (Å²) in [6, 6.07) is 7.40. The lowest BCUT2D eigenvalue weighted by molar-refractivity contribution is 0.101. The van der Waals surface area contributed by atoms with Gasteiger partial charge in [-0.3, -0.25) is 0 Å². The molecule has 1 aromatic rings. The molecule has 21 heavy (non-hydrogen) atoms. The first-order valence-corrected chi connectivity index (χ1v) is 8.63. The fourth-order valence-electron chi connectivity index (χ4n) is 3.11. The maximum atomic E-state index is 5.74. The van der Waals surface area contributed by atoms with Gasteiger partial charge < -0.3 is 10.1 Å². The number of rotatable bonds is 8. The normalized spacial score (nSPS) is 19.9. The van der Waals surface area contributed by atoms with Gasteiger partial charge >= 0.3 is 0 Å². The maximum Gasteiger partial charge on any atom is 0.0576 e. The van der Waals surface area contributed by atoms with Gasteiger partial charge in [-0.15, -0.1) is 0 Å². The van der Waals surface area contributed by atoms with Crippen molar-refractivity contribution >= 4 is 0 Å². The largest absolute Gasteiger partial charge is 0.378 e. The van der Waals surface area contributed by atoms with Gasteiger partial charge in [0.1, 0.15) is 0 Å². The average Bonchev–Trinajstić information content (AvgIpc) is 2.99. The minimum atomic E-state index is 0.491. The molecular weight excluding hydrogens is 258 g/mol. The summed E-state index contributed by atoms with van der Waals surface area (Å²) >= 11 is 0. The Morgan fingerprint density at radius 3 is 2.81 bits per heavy atom. The molecule has 1 fully saturated rings. The van der Waals surface area contributed by atoms with E-state index in [2.05, 4.69) is 44.3 Å². The van der Waals surface area contributed by atoms with Crippen LogP contribution in [0.25, 0.3) is 0 Å². The zero-order valence-corrected chi connectivity index (χ0v) is 14.0. The average molecular weight is 289 g/mol. The molecule has 0 saturated carbocycles. The third-order valence-electron chi connectivity index (χ3n) is 4.62. The van der Waals surface area contributed by atoms with Crippen LogP contribution in [0.1, 0.15) is 68.2 Å². The second kappa shape index (κ2) is 8.55. The quantitative estimate of drug-likeness (QED) is 0.749. The van der Waals surface area contributed by atoms with E-state index in [0.29, 0.717) is 12.1 Å². The van der Waals surface area contributed by atoms with E-state index in [1.165, 1.54) is 55.2 Å². The summed E-state index contributed by atoms with van der Waals surface area (Å²) in [7, 11) is 0. The maximum absolute atomic E-state index is 5.74. The van der Waals surface area contributed by atoms with Crippen molar-refractivity contribution in [2.75, 3.05) is 13.2 Å². The molecule has 2 nitrogen and oxygen atoms in total. The molecule has 0 spiro atoms. The molecule has 1 aliphatic rings. The van der Waals surface area contributed by atoms with Crippen molar-refractivity contribution in [3.05, 3.63) is 34.9 Å². The molecule has 0 radical (unpaired) electrons. The van der Waals surface area contributed by atoms with Crippen LogP contribution in [-0.2, 0) is 4.74 Å². The Morgan fingerprint density at radius 1 is 1.29 bits per heavy atom. The lowest BCUT2D eigenvalue weighted by Gasteiger charge is -2.21. The summed E-state index contributed by atoms with van der Waals surface area (Å²) in [4.78, 5) is 0. The number of hydrogen-bond acceptors (Lipinski definition) is 2. The minimum Gasteiger partial charge on any atom is -0.378 e. The van der Waals surface area contributed by atoms with E-state index in [9.17, 15) is 0 Å². The summed E-state index contributed by atoms with van der Waals surface area (Å²) in [6.45, 7) is 8.70. The summed E-state index contributed by atoms with van der Waals surface area (Å²) in [5, 5.41) is 3.72. The molecule has 1 aliphatic heterocycles. The van der Waals surface area contributed by atoms with Crippen LogP contribution >= 0.6 is 0 Å². The standard InChI is InChI=1S/C19H31NO/c1-4-12-20-19(9-5-7-18-8-6-13-21-18)17-11-10-15(2)16(3)14-17/h10-11,14,18-20H,4-9,12-13H2,1-3H3. The predicted molar refractivity (Wildman–Crippen MR) is 89.8 cm³/mol. The smallest absolute Gasteiger partial charge is 0.0576 e. The van der Waals surface area contributed by atoms with Crippen LogP contribution in [0, 0.1) is 13.8 Å². The van der Waals surface area contributed by atoms with Gasteiger partial charge in [-0.05, 0) is 75.6 Å². The van der Waals surface area contributed by atoms with E-state index in [1.807, 2.05) is 0 Å². The summed E-state index contributed by atoms with van der Waals surface area (Å²) < 4.78 is 5.74. The molecule has 118 valence electrons. The van der Waals surface area contributed by atoms with Crippen LogP contribution in [-0.4, -0.2) is 19.3 Å². The third kappa shape index (κ3) is 5.12. The zero-order valence-electron chi connectivity index (χ0n) is 14.0. The first kappa shape index (κ1) is 16.5. The zero-order chi connectivity index (χ0) is 15.1. The molecule has 2 unspecified atom stereocenters. The van der Waals surface area contributed by atoms with Crippen LogP contribution in [0.3, 0.4) is 0 Å². The van der Waals surface area contributed by atoms with E-state index in [0.717, 1.165) is 13.2 Å². The minimum absolute atomic E-state index is 0.491. The molecule has 1 heterocycles. The van der Waals surface area contributed by atoms with Crippen LogP contribution in [0.5, 0.6) is 0 Å². The lowest BCUT2D eigenvalue weighted by Crippen LogP contribution is -2.22. The fraction of sp³-hybridized carbons (Fsp3) is 0.684.